The molecule has 2 N–H and O–H groups in total. The quantitative estimate of drug-likeness (QED) is 0.594. The minimum absolute atomic E-state index is 0.108. The number of fused-ring (bicyclic) bond motifs is 1. The molecule has 0 aliphatic heterocycles. The van der Waals surface area contributed by atoms with Crippen molar-refractivity contribution in [1.82, 2.24) is 0 Å². The molecule has 0 aliphatic carbocycles. The van der Waals surface area contributed by atoms with Crippen molar-refractivity contribution in [2.45, 2.75) is 0 Å². The van der Waals surface area contributed by atoms with Gasteiger partial charge < -0.3 is 10.5 Å². The Morgan fingerprint density at radius 3 is 2.67 bits per heavy atom. The van der Waals surface area contributed by atoms with Crippen molar-refractivity contribution in [3.63, 3.8) is 0 Å². The van der Waals surface area contributed by atoms with Crippen molar-refractivity contribution in [3.8, 4) is 5.75 Å². The molecule has 0 bridgehead atoms. The Morgan fingerprint density at radius 2 is 1.87 bits per heavy atom. The van der Waals surface area contributed by atoms with E-state index in [1.54, 1.807) is 6.07 Å². The van der Waals surface area contributed by atoms with Crippen LogP contribution in [-0.2, 0) is 4.79 Å². The molecule has 0 spiro atoms. The van der Waals surface area contributed by atoms with Gasteiger partial charge in [0.25, 0.3) is 0 Å². The van der Waals surface area contributed by atoms with E-state index in [-0.39, 0.29) is 6.54 Å². The van der Waals surface area contributed by atoms with Gasteiger partial charge in [-0.25, -0.2) is 0 Å². The van der Waals surface area contributed by atoms with Crippen molar-refractivity contribution < 1.29 is 9.53 Å². The zero-order valence-corrected chi connectivity index (χ0v) is 8.14. The van der Waals surface area contributed by atoms with Gasteiger partial charge in [0.2, 0.25) is 0 Å². The Bertz CT molecular complexity index is 488. The first-order valence-corrected chi connectivity index (χ1v) is 4.70. The van der Waals surface area contributed by atoms with E-state index >= 15 is 0 Å². The third kappa shape index (κ3) is 1.97. The van der Waals surface area contributed by atoms with Gasteiger partial charge in [0.1, 0.15) is 5.75 Å². The van der Waals surface area contributed by atoms with E-state index in [0.29, 0.717) is 5.75 Å². The number of hydrogen-bond donors (Lipinski definition) is 1. The molecule has 0 saturated heterocycles. The summed E-state index contributed by atoms with van der Waals surface area (Å²) in [5.41, 5.74) is 5.19. The molecule has 0 heterocycles. The van der Waals surface area contributed by atoms with E-state index in [2.05, 4.69) is 0 Å². The molecule has 3 heteroatoms. The van der Waals surface area contributed by atoms with E-state index in [9.17, 15) is 4.79 Å². The van der Waals surface area contributed by atoms with Crippen LogP contribution in [-0.4, -0.2) is 12.5 Å². The second-order valence-electron chi connectivity index (χ2n) is 3.16. The molecule has 0 aliphatic rings. The van der Waals surface area contributed by atoms with Gasteiger partial charge in [0, 0.05) is 5.39 Å². The van der Waals surface area contributed by atoms with E-state index in [1.807, 2.05) is 36.4 Å². The first-order valence-electron chi connectivity index (χ1n) is 4.70. The van der Waals surface area contributed by atoms with E-state index in [0.717, 1.165) is 10.8 Å². The predicted octanol–water partition coefficient (Wildman–Crippen LogP) is 1.70. The fourth-order valence-corrected chi connectivity index (χ4v) is 1.45. The highest BCUT2D eigenvalue weighted by molar-refractivity contribution is 5.90. The summed E-state index contributed by atoms with van der Waals surface area (Å²) in [7, 11) is 0. The summed E-state index contributed by atoms with van der Waals surface area (Å²) in [5, 5.41) is 1.96. The fraction of sp³-hybridized carbons (Fsp3) is 0.0833. The standard InChI is InChI=1S/C12H11NO2/c13-8-12(14)15-11-7-3-5-9-4-1-2-6-10(9)11/h1-7H,8,13H2. The lowest BCUT2D eigenvalue weighted by Gasteiger charge is -2.06. The summed E-state index contributed by atoms with van der Waals surface area (Å²) in [6.45, 7) is -0.108. The first-order chi connectivity index (χ1) is 7.31. The lowest BCUT2D eigenvalue weighted by Crippen LogP contribution is -2.19. The zero-order valence-electron chi connectivity index (χ0n) is 8.14. The van der Waals surface area contributed by atoms with Gasteiger partial charge >= 0.3 is 5.97 Å². The van der Waals surface area contributed by atoms with Crippen LogP contribution in [0.3, 0.4) is 0 Å². The second kappa shape index (κ2) is 4.11. The molecule has 0 fully saturated rings. The maximum atomic E-state index is 11.1. The number of ether oxygens (including phenoxy) is 1. The maximum absolute atomic E-state index is 11.1. The third-order valence-electron chi connectivity index (χ3n) is 2.14. The van der Waals surface area contributed by atoms with Gasteiger partial charge in [-0.1, -0.05) is 36.4 Å². The smallest absolute Gasteiger partial charge is 0.325 e. The predicted molar refractivity (Wildman–Crippen MR) is 58.6 cm³/mol. The SMILES string of the molecule is NCC(=O)Oc1cccc2ccccc12. The van der Waals surface area contributed by atoms with Crippen molar-refractivity contribution in [2.24, 2.45) is 5.73 Å². The molecule has 0 saturated carbocycles. The molecular formula is C12H11NO2. The lowest BCUT2D eigenvalue weighted by molar-refractivity contribution is -0.132. The van der Waals surface area contributed by atoms with Crippen LogP contribution >= 0.6 is 0 Å². The number of carbonyl (C=O) groups excluding carboxylic acids is 1. The maximum Gasteiger partial charge on any atom is 0.325 e. The van der Waals surface area contributed by atoms with Crippen LogP contribution < -0.4 is 10.5 Å². The van der Waals surface area contributed by atoms with Crippen LogP contribution in [0.2, 0.25) is 0 Å². The average Bonchev–Trinajstić information content (AvgIpc) is 2.29. The molecular weight excluding hydrogens is 190 g/mol. The Morgan fingerprint density at radius 1 is 1.13 bits per heavy atom. The summed E-state index contributed by atoms with van der Waals surface area (Å²) < 4.78 is 5.11. The average molecular weight is 201 g/mol. The van der Waals surface area contributed by atoms with Gasteiger partial charge in [-0.2, -0.15) is 0 Å². The van der Waals surface area contributed by atoms with E-state index in [4.69, 9.17) is 10.5 Å². The molecule has 76 valence electrons. The van der Waals surface area contributed by atoms with Crippen LogP contribution in [0.25, 0.3) is 10.8 Å². The molecule has 0 radical (unpaired) electrons. The van der Waals surface area contributed by atoms with Crippen molar-refractivity contribution in [2.75, 3.05) is 6.54 Å². The van der Waals surface area contributed by atoms with E-state index < -0.39 is 5.97 Å². The normalized spacial score (nSPS) is 10.2. The minimum Gasteiger partial charge on any atom is -0.425 e. The monoisotopic (exact) mass is 201 g/mol. The Hall–Kier alpha value is -1.87. The molecule has 2 rings (SSSR count). The highest BCUT2D eigenvalue weighted by atomic mass is 16.5. The summed E-state index contributed by atoms with van der Waals surface area (Å²) >= 11 is 0. The Kier molecular flexibility index (Phi) is 2.65. The number of nitrogens with two attached hydrogens (primary N) is 1. The molecule has 0 aromatic heterocycles. The molecule has 2 aromatic carbocycles. The van der Waals surface area contributed by atoms with Gasteiger partial charge in [-0.3, -0.25) is 4.79 Å². The summed E-state index contributed by atoms with van der Waals surface area (Å²) in [5.74, 6) is 0.134. The van der Waals surface area contributed by atoms with Crippen molar-refractivity contribution >= 4 is 16.7 Å². The Labute approximate surface area is 87.5 Å². The summed E-state index contributed by atoms with van der Waals surface area (Å²) in [6, 6.07) is 13.3. The number of rotatable bonds is 2. The van der Waals surface area contributed by atoms with Gasteiger partial charge in [-0.05, 0) is 11.5 Å². The van der Waals surface area contributed by atoms with E-state index in [1.165, 1.54) is 0 Å². The second-order valence-corrected chi connectivity index (χ2v) is 3.16. The fourth-order valence-electron chi connectivity index (χ4n) is 1.45. The van der Waals surface area contributed by atoms with Crippen LogP contribution in [0.1, 0.15) is 0 Å². The third-order valence-corrected chi connectivity index (χ3v) is 2.14. The molecule has 2 aromatic rings. The minimum atomic E-state index is -0.425. The number of hydrogen-bond acceptors (Lipinski definition) is 3. The van der Waals surface area contributed by atoms with Crippen LogP contribution in [0, 0.1) is 0 Å². The largest absolute Gasteiger partial charge is 0.425 e. The molecule has 0 amide bonds. The van der Waals surface area contributed by atoms with Crippen LogP contribution in [0.4, 0.5) is 0 Å². The van der Waals surface area contributed by atoms with Gasteiger partial charge in [0.05, 0.1) is 6.54 Å². The lowest BCUT2D eigenvalue weighted by atomic mass is 10.1. The molecule has 3 nitrogen and oxygen atoms in total. The van der Waals surface area contributed by atoms with Gasteiger partial charge in [0.15, 0.2) is 0 Å². The topological polar surface area (TPSA) is 52.3 Å². The summed E-state index contributed by atoms with van der Waals surface area (Å²) in [4.78, 5) is 11.1. The highest BCUT2D eigenvalue weighted by Gasteiger charge is 2.05. The Balaban J connectivity index is 2.46. The first kappa shape index (κ1) is 9.68. The summed E-state index contributed by atoms with van der Waals surface area (Å²) in [6.07, 6.45) is 0. The van der Waals surface area contributed by atoms with Crippen LogP contribution in [0.15, 0.2) is 42.5 Å². The zero-order chi connectivity index (χ0) is 10.7. The van der Waals surface area contributed by atoms with Gasteiger partial charge in [-0.15, -0.1) is 0 Å². The molecule has 0 unspecified atom stereocenters. The highest BCUT2D eigenvalue weighted by Crippen LogP contribution is 2.24. The number of esters is 1. The number of carbonyl (C=O) groups is 1. The van der Waals surface area contributed by atoms with Crippen molar-refractivity contribution in [3.05, 3.63) is 42.5 Å². The molecule has 15 heavy (non-hydrogen) atoms. The molecule has 0 atom stereocenters. The van der Waals surface area contributed by atoms with Crippen molar-refractivity contribution in [1.29, 1.82) is 0 Å². The number of benzene rings is 2. The van der Waals surface area contributed by atoms with Crippen LogP contribution in [0.5, 0.6) is 5.75 Å².